The van der Waals surface area contributed by atoms with E-state index in [4.69, 9.17) is 9.72 Å². The molecule has 2 heterocycles. The molecular weight excluding hydrogens is 322 g/mol. The molecule has 1 aliphatic heterocycles. The minimum atomic E-state index is 0.649. The lowest BCUT2D eigenvalue weighted by Crippen LogP contribution is -2.22. The molecule has 1 aliphatic rings. The monoisotopic (exact) mass is 349 g/mol. The number of imidazole rings is 1. The van der Waals surface area contributed by atoms with Crippen molar-refractivity contribution in [3.05, 3.63) is 59.4 Å². The van der Waals surface area contributed by atoms with E-state index in [1.165, 1.54) is 42.6 Å². The third-order valence-electron chi connectivity index (χ3n) is 5.36. The van der Waals surface area contributed by atoms with Gasteiger partial charge in [-0.05, 0) is 75.2 Å². The minimum Gasteiger partial charge on any atom is -0.492 e. The molecule has 0 saturated carbocycles. The molecule has 0 atom stereocenters. The van der Waals surface area contributed by atoms with Crippen LogP contribution in [0.25, 0.3) is 11.0 Å². The quantitative estimate of drug-likeness (QED) is 0.664. The normalized spacial score (nSPS) is 15.0. The molecule has 1 aromatic heterocycles. The number of para-hydroxylation sites is 2. The van der Waals surface area contributed by atoms with Gasteiger partial charge in [0.15, 0.2) is 0 Å². The Bertz CT molecular complexity index is 894. The van der Waals surface area contributed by atoms with Gasteiger partial charge in [0, 0.05) is 0 Å². The zero-order valence-corrected chi connectivity index (χ0v) is 15.7. The summed E-state index contributed by atoms with van der Waals surface area (Å²) < 4.78 is 8.35. The van der Waals surface area contributed by atoms with Crippen LogP contribution < -0.4 is 4.74 Å². The van der Waals surface area contributed by atoms with E-state index in [9.17, 15) is 0 Å². The molecule has 0 spiro atoms. The predicted octanol–water partition coefficient (Wildman–Crippen LogP) is 4.33. The highest BCUT2D eigenvalue weighted by Gasteiger charge is 2.17. The Hall–Kier alpha value is -2.33. The second kappa shape index (κ2) is 7.50. The Morgan fingerprint density at radius 1 is 1.00 bits per heavy atom. The highest BCUT2D eigenvalue weighted by molar-refractivity contribution is 5.75. The molecule has 1 saturated heterocycles. The van der Waals surface area contributed by atoms with Gasteiger partial charge < -0.3 is 9.30 Å². The Morgan fingerprint density at radius 2 is 1.81 bits per heavy atom. The molecule has 0 N–H and O–H groups in total. The van der Waals surface area contributed by atoms with Crippen LogP contribution in [0, 0.1) is 13.8 Å². The first-order chi connectivity index (χ1) is 12.7. The summed E-state index contributed by atoms with van der Waals surface area (Å²) in [5.74, 6) is 2.09. The molecule has 1 fully saturated rings. The maximum absolute atomic E-state index is 6.03. The first kappa shape index (κ1) is 17.1. The largest absolute Gasteiger partial charge is 0.492 e. The minimum absolute atomic E-state index is 0.649. The summed E-state index contributed by atoms with van der Waals surface area (Å²) >= 11 is 0. The number of hydrogen-bond donors (Lipinski definition) is 0. The first-order valence-corrected chi connectivity index (χ1v) is 9.57. The highest BCUT2D eigenvalue weighted by Crippen LogP contribution is 2.20. The van der Waals surface area contributed by atoms with E-state index in [-0.39, 0.29) is 0 Å². The van der Waals surface area contributed by atoms with Gasteiger partial charge in [0.05, 0.1) is 24.1 Å². The first-order valence-electron chi connectivity index (χ1n) is 9.57. The van der Waals surface area contributed by atoms with Crippen molar-refractivity contribution in [2.75, 3.05) is 19.7 Å². The molecule has 4 heteroatoms. The van der Waals surface area contributed by atoms with E-state index in [0.717, 1.165) is 30.2 Å². The second-order valence-electron chi connectivity index (χ2n) is 7.25. The topological polar surface area (TPSA) is 30.3 Å². The number of nitrogens with zero attached hydrogens (tertiary/aromatic N) is 3. The van der Waals surface area contributed by atoms with Crippen molar-refractivity contribution in [1.29, 1.82) is 0 Å². The van der Waals surface area contributed by atoms with Crippen molar-refractivity contribution in [2.45, 2.75) is 39.8 Å². The summed E-state index contributed by atoms with van der Waals surface area (Å²) in [7, 11) is 0. The number of aryl methyl sites for hydroxylation is 2. The molecule has 0 radical (unpaired) electrons. The van der Waals surface area contributed by atoms with Gasteiger partial charge in [-0.2, -0.15) is 0 Å². The van der Waals surface area contributed by atoms with E-state index in [2.05, 4.69) is 65.8 Å². The Labute approximate surface area is 155 Å². The number of ether oxygens (including phenoxy) is 1. The summed E-state index contributed by atoms with van der Waals surface area (Å²) in [6, 6.07) is 14.7. The fourth-order valence-corrected chi connectivity index (χ4v) is 3.69. The zero-order chi connectivity index (χ0) is 17.9. The van der Waals surface area contributed by atoms with Crippen LogP contribution in [0.15, 0.2) is 42.5 Å². The number of hydrogen-bond acceptors (Lipinski definition) is 3. The Morgan fingerprint density at radius 3 is 2.62 bits per heavy atom. The van der Waals surface area contributed by atoms with Crippen LogP contribution >= 0.6 is 0 Å². The van der Waals surface area contributed by atoms with Crippen molar-refractivity contribution in [3.63, 3.8) is 0 Å². The summed E-state index contributed by atoms with van der Waals surface area (Å²) in [6.07, 6.45) is 2.60. The summed E-state index contributed by atoms with van der Waals surface area (Å²) in [4.78, 5) is 7.40. The molecule has 0 amide bonds. The Balaban J connectivity index is 1.51. The summed E-state index contributed by atoms with van der Waals surface area (Å²) in [5.41, 5.74) is 4.84. The van der Waals surface area contributed by atoms with E-state index in [1.807, 2.05) is 0 Å². The van der Waals surface area contributed by atoms with Gasteiger partial charge in [-0.3, -0.25) is 4.90 Å². The van der Waals surface area contributed by atoms with Gasteiger partial charge in [-0.25, -0.2) is 4.98 Å². The van der Waals surface area contributed by atoms with Crippen molar-refractivity contribution in [1.82, 2.24) is 14.5 Å². The van der Waals surface area contributed by atoms with Crippen LogP contribution in [0.2, 0.25) is 0 Å². The van der Waals surface area contributed by atoms with Crippen LogP contribution in [-0.4, -0.2) is 34.1 Å². The number of fused-ring (bicyclic) bond motifs is 1. The number of likely N-dealkylation sites (tertiary alicyclic amines) is 1. The maximum Gasteiger partial charge on any atom is 0.124 e. The summed E-state index contributed by atoms with van der Waals surface area (Å²) in [6.45, 7) is 9.01. The maximum atomic E-state index is 6.03. The third-order valence-corrected chi connectivity index (χ3v) is 5.36. The molecular formula is C22H27N3O. The molecule has 0 bridgehead atoms. The van der Waals surface area contributed by atoms with Crippen LogP contribution in [0.3, 0.4) is 0 Å². The summed E-state index contributed by atoms with van der Waals surface area (Å²) in [5, 5.41) is 0. The zero-order valence-electron chi connectivity index (χ0n) is 15.7. The van der Waals surface area contributed by atoms with Crippen molar-refractivity contribution in [2.24, 2.45) is 0 Å². The van der Waals surface area contributed by atoms with Gasteiger partial charge >= 0.3 is 0 Å². The van der Waals surface area contributed by atoms with E-state index in [0.29, 0.717) is 6.61 Å². The number of rotatable bonds is 6. The van der Waals surface area contributed by atoms with Gasteiger partial charge in [0.25, 0.3) is 0 Å². The standard InChI is InChI=1S/C22H27N3O/c1-17-9-10-19(15-18(17)2)26-14-13-25-21-8-4-3-7-20(21)23-22(25)16-24-11-5-6-12-24/h3-4,7-10,15H,5-6,11-14,16H2,1-2H3. The lowest BCUT2D eigenvalue weighted by atomic mass is 10.1. The lowest BCUT2D eigenvalue weighted by Gasteiger charge is -2.16. The lowest BCUT2D eigenvalue weighted by molar-refractivity contribution is 0.285. The molecule has 136 valence electrons. The molecule has 26 heavy (non-hydrogen) atoms. The van der Waals surface area contributed by atoms with Crippen LogP contribution in [0.4, 0.5) is 0 Å². The van der Waals surface area contributed by atoms with Gasteiger partial charge in [-0.15, -0.1) is 0 Å². The fraction of sp³-hybridized carbons (Fsp3) is 0.409. The SMILES string of the molecule is Cc1ccc(OCCn2c(CN3CCCC3)nc3ccccc32)cc1C. The van der Waals surface area contributed by atoms with Crippen LogP contribution in [0.5, 0.6) is 5.75 Å². The average molecular weight is 349 g/mol. The highest BCUT2D eigenvalue weighted by atomic mass is 16.5. The molecule has 0 unspecified atom stereocenters. The van der Waals surface area contributed by atoms with Gasteiger partial charge in [0.2, 0.25) is 0 Å². The fourth-order valence-electron chi connectivity index (χ4n) is 3.69. The van der Waals surface area contributed by atoms with Gasteiger partial charge in [0.1, 0.15) is 18.2 Å². The molecule has 0 aliphatic carbocycles. The van der Waals surface area contributed by atoms with E-state index < -0.39 is 0 Å². The van der Waals surface area contributed by atoms with Crippen LogP contribution in [0.1, 0.15) is 29.8 Å². The third kappa shape index (κ3) is 3.61. The van der Waals surface area contributed by atoms with E-state index >= 15 is 0 Å². The number of benzene rings is 2. The predicted molar refractivity (Wildman–Crippen MR) is 106 cm³/mol. The van der Waals surface area contributed by atoms with Crippen molar-refractivity contribution in [3.8, 4) is 5.75 Å². The molecule has 4 nitrogen and oxygen atoms in total. The van der Waals surface area contributed by atoms with Crippen molar-refractivity contribution < 1.29 is 4.74 Å². The smallest absolute Gasteiger partial charge is 0.124 e. The molecule has 4 rings (SSSR count). The van der Waals surface area contributed by atoms with E-state index in [1.54, 1.807) is 0 Å². The van der Waals surface area contributed by atoms with Gasteiger partial charge in [-0.1, -0.05) is 18.2 Å². The van der Waals surface area contributed by atoms with Crippen molar-refractivity contribution >= 4 is 11.0 Å². The number of aromatic nitrogens is 2. The molecule has 2 aromatic carbocycles. The van der Waals surface area contributed by atoms with Crippen LogP contribution in [-0.2, 0) is 13.1 Å². The second-order valence-corrected chi connectivity index (χ2v) is 7.25. The molecule has 3 aromatic rings. The average Bonchev–Trinajstić information content (AvgIpc) is 3.27. The Kier molecular flexibility index (Phi) is 4.93.